The number of benzene rings is 1. The number of pyridine rings is 2. The molecular formula is C25H22N6O. The second-order valence-corrected chi connectivity index (χ2v) is 7.56. The largest absolute Gasteiger partial charge is 0.347 e. The smallest absolute Gasteiger partial charge is 0.272 e. The maximum absolute atomic E-state index is 13.0. The van der Waals surface area contributed by atoms with Crippen LogP contribution in [0.15, 0.2) is 85.5 Å². The molecule has 0 unspecified atom stereocenters. The van der Waals surface area contributed by atoms with E-state index >= 15 is 0 Å². The van der Waals surface area contributed by atoms with Gasteiger partial charge in [-0.15, -0.1) is 0 Å². The number of imidazole rings is 2. The van der Waals surface area contributed by atoms with Gasteiger partial charge < -0.3 is 9.88 Å². The van der Waals surface area contributed by atoms with E-state index in [-0.39, 0.29) is 5.91 Å². The van der Waals surface area contributed by atoms with Gasteiger partial charge in [-0.2, -0.15) is 0 Å². The molecule has 5 rings (SSSR count). The maximum atomic E-state index is 13.0. The lowest BCUT2D eigenvalue weighted by molar-refractivity contribution is 0.0948. The third-order valence-corrected chi connectivity index (χ3v) is 5.37. The van der Waals surface area contributed by atoms with Crippen molar-refractivity contribution in [3.63, 3.8) is 0 Å². The number of nitrogens with zero attached hydrogens (tertiary/aromatic N) is 5. The number of carbonyl (C=O) groups excluding carboxylic acids is 1. The summed E-state index contributed by atoms with van der Waals surface area (Å²) in [5.41, 5.74) is 4.03. The number of hydrogen-bond acceptors (Lipinski definition) is 4. The van der Waals surface area contributed by atoms with Gasteiger partial charge in [-0.05, 0) is 42.3 Å². The van der Waals surface area contributed by atoms with Crippen molar-refractivity contribution < 1.29 is 4.79 Å². The minimum atomic E-state index is -0.225. The third-order valence-electron chi connectivity index (χ3n) is 5.37. The van der Waals surface area contributed by atoms with Crippen LogP contribution >= 0.6 is 0 Å². The van der Waals surface area contributed by atoms with Crippen LogP contribution in [-0.2, 0) is 13.1 Å². The number of aryl methyl sites for hydroxylation is 1. The van der Waals surface area contributed by atoms with Gasteiger partial charge in [0.05, 0.1) is 5.52 Å². The molecule has 0 aliphatic heterocycles. The monoisotopic (exact) mass is 422 g/mol. The zero-order valence-corrected chi connectivity index (χ0v) is 17.6. The number of amides is 1. The Balaban J connectivity index is 1.46. The minimum absolute atomic E-state index is 0.225. The van der Waals surface area contributed by atoms with Crippen molar-refractivity contribution in [1.82, 2.24) is 29.2 Å². The van der Waals surface area contributed by atoms with E-state index in [9.17, 15) is 4.79 Å². The quantitative estimate of drug-likeness (QED) is 0.451. The molecule has 32 heavy (non-hydrogen) atoms. The van der Waals surface area contributed by atoms with E-state index in [0.717, 1.165) is 29.1 Å². The van der Waals surface area contributed by atoms with E-state index in [1.807, 2.05) is 72.2 Å². The van der Waals surface area contributed by atoms with Gasteiger partial charge in [0.2, 0.25) is 0 Å². The molecule has 0 spiro atoms. The lowest BCUT2D eigenvalue weighted by atomic mass is 10.2. The Kier molecular flexibility index (Phi) is 5.21. The zero-order chi connectivity index (χ0) is 21.9. The number of hydrogen-bond donors (Lipinski definition) is 1. The van der Waals surface area contributed by atoms with Gasteiger partial charge in [0.15, 0.2) is 11.5 Å². The average Bonchev–Trinajstić information content (AvgIpc) is 3.39. The van der Waals surface area contributed by atoms with Crippen molar-refractivity contribution in [2.75, 3.05) is 0 Å². The Morgan fingerprint density at radius 2 is 1.72 bits per heavy atom. The van der Waals surface area contributed by atoms with E-state index in [4.69, 9.17) is 9.97 Å². The molecule has 0 atom stereocenters. The number of carbonyl (C=O) groups is 1. The molecule has 7 heteroatoms. The summed E-state index contributed by atoms with van der Waals surface area (Å²) in [6.45, 7) is 3.11. The highest BCUT2D eigenvalue weighted by Gasteiger charge is 2.20. The summed E-state index contributed by atoms with van der Waals surface area (Å²) < 4.78 is 4.01. The first-order chi connectivity index (χ1) is 15.7. The first-order valence-corrected chi connectivity index (χ1v) is 10.4. The van der Waals surface area contributed by atoms with E-state index in [1.54, 1.807) is 12.4 Å². The molecule has 1 amide bonds. The minimum Gasteiger partial charge on any atom is -0.347 e. The summed E-state index contributed by atoms with van der Waals surface area (Å²) in [7, 11) is 0. The van der Waals surface area contributed by atoms with Crippen LogP contribution in [0.3, 0.4) is 0 Å². The molecule has 0 aliphatic rings. The van der Waals surface area contributed by atoms with Crippen molar-refractivity contribution in [3.8, 4) is 11.5 Å². The van der Waals surface area contributed by atoms with Gasteiger partial charge in [0, 0.05) is 37.9 Å². The van der Waals surface area contributed by atoms with Gasteiger partial charge in [-0.3, -0.25) is 14.2 Å². The topological polar surface area (TPSA) is 77.1 Å². The molecule has 158 valence electrons. The fourth-order valence-corrected chi connectivity index (χ4v) is 3.71. The van der Waals surface area contributed by atoms with E-state index < -0.39 is 0 Å². The first kappa shape index (κ1) is 19.7. The van der Waals surface area contributed by atoms with Crippen LogP contribution in [0, 0.1) is 6.92 Å². The molecule has 4 aromatic heterocycles. The first-order valence-electron chi connectivity index (χ1n) is 10.4. The van der Waals surface area contributed by atoms with Gasteiger partial charge >= 0.3 is 0 Å². The molecular weight excluding hydrogens is 400 g/mol. The number of aromatic nitrogens is 5. The lowest BCUT2D eigenvalue weighted by Crippen LogP contribution is -2.23. The van der Waals surface area contributed by atoms with Crippen molar-refractivity contribution in [2.24, 2.45) is 0 Å². The van der Waals surface area contributed by atoms with Crippen LogP contribution in [0.4, 0.5) is 0 Å². The predicted octanol–water partition coefficient (Wildman–Crippen LogP) is 3.88. The molecule has 0 saturated carbocycles. The predicted molar refractivity (Wildman–Crippen MR) is 122 cm³/mol. The van der Waals surface area contributed by atoms with Crippen LogP contribution < -0.4 is 5.32 Å². The van der Waals surface area contributed by atoms with Gasteiger partial charge in [0.25, 0.3) is 5.91 Å². The molecule has 1 N–H and O–H groups in total. The molecule has 0 fully saturated rings. The summed E-state index contributed by atoms with van der Waals surface area (Å²) in [6, 6.07) is 19.7. The standard InChI is InChI=1S/C25H22N6O/c1-18-28-21(17-30(18)16-20-7-3-2-4-8-20)24-29-23(22-9-5-6-14-31(22)24)25(32)27-15-19-10-12-26-13-11-19/h2-14,17H,15-16H2,1H3,(H,27,32). The van der Waals surface area contributed by atoms with Crippen LogP contribution in [0.2, 0.25) is 0 Å². The molecule has 5 aromatic rings. The highest BCUT2D eigenvalue weighted by atomic mass is 16.1. The van der Waals surface area contributed by atoms with E-state index in [2.05, 4.69) is 27.0 Å². The Morgan fingerprint density at radius 1 is 0.938 bits per heavy atom. The molecule has 0 radical (unpaired) electrons. The van der Waals surface area contributed by atoms with Crippen molar-refractivity contribution in [1.29, 1.82) is 0 Å². The second kappa shape index (κ2) is 8.47. The number of nitrogens with one attached hydrogen (secondary N) is 1. The summed E-state index contributed by atoms with van der Waals surface area (Å²) >= 11 is 0. The summed E-state index contributed by atoms with van der Waals surface area (Å²) in [5, 5.41) is 2.95. The van der Waals surface area contributed by atoms with Gasteiger partial charge in [0.1, 0.15) is 11.5 Å². The Hall–Kier alpha value is -4.26. The lowest BCUT2D eigenvalue weighted by Gasteiger charge is -2.04. The van der Waals surface area contributed by atoms with E-state index in [0.29, 0.717) is 18.1 Å². The summed E-state index contributed by atoms with van der Waals surface area (Å²) in [6.07, 6.45) is 7.31. The average molecular weight is 422 g/mol. The summed E-state index contributed by atoms with van der Waals surface area (Å²) in [5.74, 6) is 1.31. The molecule has 4 heterocycles. The van der Waals surface area contributed by atoms with Crippen molar-refractivity contribution in [2.45, 2.75) is 20.0 Å². The fraction of sp³-hybridized carbons (Fsp3) is 0.120. The van der Waals surface area contributed by atoms with Crippen LogP contribution in [0.25, 0.3) is 17.0 Å². The van der Waals surface area contributed by atoms with Crippen LogP contribution in [0.5, 0.6) is 0 Å². The van der Waals surface area contributed by atoms with E-state index in [1.165, 1.54) is 5.56 Å². The normalized spacial score (nSPS) is 11.0. The highest BCUT2D eigenvalue weighted by Crippen LogP contribution is 2.23. The number of fused-ring (bicyclic) bond motifs is 1. The van der Waals surface area contributed by atoms with Crippen LogP contribution in [0.1, 0.15) is 27.4 Å². The fourth-order valence-electron chi connectivity index (χ4n) is 3.71. The Bertz CT molecular complexity index is 1370. The SMILES string of the molecule is Cc1nc(-c2nc(C(=O)NCc3ccncc3)c3ccccn23)cn1Cc1ccccc1. The highest BCUT2D eigenvalue weighted by molar-refractivity contribution is 5.99. The van der Waals surface area contributed by atoms with Gasteiger partial charge in [-0.1, -0.05) is 36.4 Å². The third kappa shape index (κ3) is 3.88. The molecule has 1 aromatic carbocycles. The van der Waals surface area contributed by atoms with Crippen molar-refractivity contribution in [3.05, 3.63) is 108 Å². The second-order valence-electron chi connectivity index (χ2n) is 7.56. The molecule has 7 nitrogen and oxygen atoms in total. The van der Waals surface area contributed by atoms with Crippen molar-refractivity contribution >= 4 is 11.4 Å². The maximum Gasteiger partial charge on any atom is 0.272 e. The molecule has 0 bridgehead atoms. The Labute approximate surface area is 185 Å². The number of rotatable bonds is 6. The van der Waals surface area contributed by atoms with Crippen LogP contribution in [-0.4, -0.2) is 29.8 Å². The molecule has 0 saturated heterocycles. The zero-order valence-electron chi connectivity index (χ0n) is 17.6. The van der Waals surface area contributed by atoms with Gasteiger partial charge in [-0.25, -0.2) is 9.97 Å². The Morgan fingerprint density at radius 3 is 2.53 bits per heavy atom. The molecule has 0 aliphatic carbocycles. The summed E-state index contributed by atoms with van der Waals surface area (Å²) in [4.78, 5) is 26.4.